The Labute approximate surface area is 191 Å². The van der Waals surface area contributed by atoms with Crippen LogP contribution in [0.4, 0.5) is 16.4 Å². The van der Waals surface area contributed by atoms with Crippen molar-refractivity contribution >= 4 is 40.6 Å². The first-order chi connectivity index (χ1) is 15.5. The van der Waals surface area contributed by atoms with Crippen molar-refractivity contribution in [3.05, 3.63) is 47.0 Å². The number of amides is 2. The average Bonchev–Trinajstić information content (AvgIpc) is 3.10. The van der Waals surface area contributed by atoms with E-state index in [1.54, 1.807) is 12.1 Å². The number of imide groups is 1. The number of hydrogen-bond acceptors (Lipinski definition) is 9. The number of nitrogens with zero attached hydrogens (tertiary/aromatic N) is 5. The summed E-state index contributed by atoms with van der Waals surface area (Å²) >= 11 is 0.869. The molecule has 0 saturated carbocycles. The highest BCUT2D eigenvalue weighted by molar-refractivity contribution is 8.18. The first-order valence-electron chi connectivity index (χ1n) is 10.4. The van der Waals surface area contributed by atoms with Crippen LogP contribution in [0, 0.1) is 0 Å². The van der Waals surface area contributed by atoms with Gasteiger partial charge in [0.15, 0.2) is 0 Å². The van der Waals surface area contributed by atoms with Crippen molar-refractivity contribution in [2.24, 2.45) is 0 Å². The molecule has 1 N–H and O–H groups in total. The minimum atomic E-state index is -0.410. The maximum absolute atomic E-state index is 12.0. The lowest BCUT2D eigenvalue weighted by Crippen LogP contribution is -2.47. The van der Waals surface area contributed by atoms with Gasteiger partial charge < -0.3 is 19.4 Å². The van der Waals surface area contributed by atoms with Gasteiger partial charge in [0.05, 0.1) is 10.6 Å². The predicted molar refractivity (Wildman–Crippen MR) is 126 cm³/mol. The zero-order valence-electron chi connectivity index (χ0n) is 18.2. The third-order valence-corrected chi connectivity index (χ3v) is 5.91. The van der Waals surface area contributed by atoms with E-state index in [9.17, 15) is 9.59 Å². The number of aromatic nitrogens is 2. The molecule has 2 aliphatic rings. The summed E-state index contributed by atoms with van der Waals surface area (Å²) in [7, 11) is 3.95. The standard InChI is InChI=1S/C22H26N6O3S/c1-26(2)12-13-31-19-15-16(14-18-20(29)25-22(30)32-18)23-21(24-19)28-10-8-27(9-11-28)17-6-4-3-5-7-17/h3-7,14-15H,8-13H2,1-2H3,(H,25,29,30)/b18-14+. The van der Waals surface area contributed by atoms with Crippen molar-refractivity contribution in [2.75, 3.05) is 63.2 Å². The zero-order valence-corrected chi connectivity index (χ0v) is 19.0. The van der Waals surface area contributed by atoms with Crippen LogP contribution >= 0.6 is 11.8 Å². The van der Waals surface area contributed by atoms with Crippen LogP contribution < -0.4 is 19.9 Å². The van der Waals surface area contributed by atoms with Gasteiger partial charge in [0.1, 0.15) is 6.61 Å². The van der Waals surface area contributed by atoms with Crippen LogP contribution in [0.25, 0.3) is 6.08 Å². The fraction of sp³-hybridized carbons (Fsp3) is 0.364. The van der Waals surface area contributed by atoms with E-state index in [0.717, 1.165) is 44.5 Å². The van der Waals surface area contributed by atoms with Crippen LogP contribution in [-0.2, 0) is 4.79 Å². The van der Waals surface area contributed by atoms with Gasteiger partial charge in [0, 0.05) is 44.5 Å². The molecule has 32 heavy (non-hydrogen) atoms. The molecule has 0 bridgehead atoms. The number of nitrogens with one attached hydrogen (secondary N) is 1. The van der Waals surface area contributed by atoms with Crippen molar-refractivity contribution in [3.8, 4) is 5.88 Å². The summed E-state index contributed by atoms with van der Waals surface area (Å²) in [4.78, 5) is 39.5. The van der Waals surface area contributed by atoms with Crippen molar-refractivity contribution in [1.82, 2.24) is 20.2 Å². The minimum absolute atomic E-state index is 0.313. The van der Waals surface area contributed by atoms with E-state index in [0.29, 0.717) is 29.0 Å². The molecule has 0 aliphatic carbocycles. The number of ether oxygens (including phenoxy) is 1. The highest BCUT2D eigenvalue weighted by atomic mass is 32.2. The summed E-state index contributed by atoms with van der Waals surface area (Å²) in [5.41, 5.74) is 1.74. The lowest BCUT2D eigenvalue weighted by molar-refractivity contribution is -0.115. The molecular weight excluding hydrogens is 428 g/mol. The number of hydrogen-bond donors (Lipinski definition) is 1. The van der Waals surface area contributed by atoms with Gasteiger partial charge in [-0.1, -0.05) is 18.2 Å². The van der Waals surface area contributed by atoms with Crippen LogP contribution in [-0.4, -0.2) is 79.4 Å². The number of para-hydroxylation sites is 1. The molecule has 9 nitrogen and oxygen atoms in total. The van der Waals surface area contributed by atoms with Gasteiger partial charge in [0.25, 0.3) is 11.1 Å². The Balaban J connectivity index is 1.53. The number of likely N-dealkylation sites (N-methyl/N-ethyl adjacent to an activating group) is 1. The molecule has 0 radical (unpaired) electrons. The molecule has 4 rings (SSSR count). The Morgan fingerprint density at radius 1 is 1.09 bits per heavy atom. The molecule has 2 aliphatic heterocycles. The molecule has 1 aromatic carbocycles. The van der Waals surface area contributed by atoms with E-state index in [1.807, 2.05) is 37.2 Å². The number of carbonyl (C=O) groups is 2. The molecular formula is C22H26N6O3S. The smallest absolute Gasteiger partial charge is 0.290 e. The molecule has 0 atom stereocenters. The first kappa shape index (κ1) is 22.1. The lowest BCUT2D eigenvalue weighted by Gasteiger charge is -2.36. The van der Waals surface area contributed by atoms with Crippen molar-refractivity contribution < 1.29 is 14.3 Å². The number of benzene rings is 1. The van der Waals surface area contributed by atoms with Crippen molar-refractivity contribution in [1.29, 1.82) is 0 Å². The minimum Gasteiger partial charge on any atom is -0.476 e. The van der Waals surface area contributed by atoms with Gasteiger partial charge in [-0.3, -0.25) is 14.9 Å². The maximum Gasteiger partial charge on any atom is 0.290 e. The molecule has 2 aromatic rings. The molecule has 168 valence electrons. The number of rotatable bonds is 7. The fourth-order valence-electron chi connectivity index (χ4n) is 3.41. The Morgan fingerprint density at radius 3 is 2.47 bits per heavy atom. The predicted octanol–water partition coefficient (Wildman–Crippen LogP) is 2.07. The monoisotopic (exact) mass is 454 g/mol. The van der Waals surface area contributed by atoms with Gasteiger partial charge in [-0.05, 0) is 44.1 Å². The molecule has 2 saturated heterocycles. The topological polar surface area (TPSA) is 90.9 Å². The van der Waals surface area contributed by atoms with Gasteiger partial charge in [-0.15, -0.1) is 0 Å². The second kappa shape index (κ2) is 10.0. The number of carbonyl (C=O) groups excluding carboxylic acids is 2. The van der Waals surface area contributed by atoms with E-state index in [2.05, 4.69) is 37.2 Å². The van der Waals surface area contributed by atoms with Gasteiger partial charge in [-0.25, -0.2) is 4.98 Å². The molecule has 3 heterocycles. The Hall–Kier alpha value is -3.11. The Morgan fingerprint density at radius 2 is 1.81 bits per heavy atom. The third-order valence-electron chi connectivity index (χ3n) is 5.10. The first-order valence-corrected chi connectivity index (χ1v) is 11.3. The molecule has 2 amide bonds. The molecule has 0 unspecified atom stereocenters. The average molecular weight is 455 g/mol. The largest absolute Gasteiger partial charge is 0.476 e. The van der Waals surface area contributed by atoms with E-state index >= 15 is 0 Å². The lowest BCUT2D eigenvalue weighted by atomic mass is 10.2. The number of piperazine rings is 1. The SMILES string of the molecule is CN(C)CCOc1cc(/C=C2/SC(=O)NC2=O)nc(N2CCN(c3ccccc3)CC2)n1. The second-order valence-corrected chi connectivity index (χ2v) is 8.76. The van der Waals surface area contributed by atoms with Crippen LogP contribution in [0.15, 0.2) is 41.3 Å². The number of thioether (sulfide) groups is 1. The highest BCUT2D eigenvalue weighted by Crippen LogP contribution is 2.27. The molecule has 0 spiro atoms. The quantitative estimate of drug-likeness (QED) is 0.631. The second-order valence-electron chi connectivity index (χ2n) is 7.74. The Bertz CT molecular complexity index is 1010. The summed E-state index contributed by atoms with van der Waals surface area (Å²) in [6.07, 6.45) is 1.61. The van der Waals surface area contributed by atoms with E-state index in [4.69, 9.17) is 4.74 Å². The van der Waals surface area contributed by atoms with E-state index < -0.39 is 5.91 Å². The van der Waals surface area contributed by atoms with Gasteiger partial charge in [0.2, 0.25) is 11.8 Å². The van der Waals surface area contributed by atoms with E-state index in [-0.39, 0.29) is 5.24 Å². The summed E-state index contributed by atoms with van der Waals surface area (Å²) in [6.45, 7) is 4.46. The molecule has 10 heteroatoms. The van der Waals surface area contributed by atoms with Gasteiger partial charge in [-0.2, -0.15) is 4.98 Å². The van der Waals surface area contributed by atoms with Crippen LogP contribution in [0.2, 0.25) is 0 Å². The summed E-state index contributed by atoms with van der Waals surface area (Å²) in [5, 5.41) is 1.89. The number of anilines is 2. The zero-order chi connectivity index (χ0) is 22.5. The summed E-state index contributed by atoms with van der Waals surface area (Å²) < 4.78 is 5.86. The fourth-order valence-corrected chi connectivity index (χ4v) is 4.08. The van der Waals surface area contributed by atoms with Crippen LogP contribution in [0.1, 0.15) is 5.69 Å². The van der Waals surface area contributed by atoms with Crippen molar-refractivity contribution in [2.45, 2.75) is 0 Å². The third kappa shape index (κ3) is 5.57. The maximum atomic E-state index is 12.0. The Kier molecular flexibility index (Phi) is 6.91. The summed E-state index contributed by atoms with van der Waals surface area (Å²) in [6, 6.07) is 12.0. The van der Waals surface area contributed by atoms with Crippen molar-refractivity contribution in [3.63, 3.8) is 0 Å². The van der Waals surface area contributed by atoms with Gasteiger partial charge >= 0.3 is 0 Å². The van der Waals surface area contributed by atoms with Crippen LogP contribution in [0.5, 0.6) is 5.88 Å². The highest BCUT2D eigenvalue weighted by Gasteiger charge is 2.26. The normalized spacial score (nSPS) is 17.9. The van der Waals surface area contributed by atoms with Crippen LogP contribution in [0.3, 0.4) is 0 Å². The molecule has 2 fully saturated rings. The van der Waals surface area contributed by atoms with E-state index in [1.165, 1.54) is 5.69 Å². The summed E-state index contributed by atoms with van der Waals surface area (Å²) in [5.74, 6) is 0.595. The molecule has 1 aromatic heterocycles.